The molecule has 16 heavy (non-hydrogen) atoms. The van der Waals surface area contributed by atoms with Crippen LogP contribution in [0.25, 0.3) is 0 Å². The summed E-state index contributed by atoms with van der Waals surface area (Å²) >= 11 is 0. The van der Waals surface area contributed by atoms with E-state index in [4.69, 9.17) is 5.73 Å². The molecule has 0 fully saturated rings. The maximum Gasteiger partial charge on any atom is 0.314 e. The van der Waals surface area contributed by atoms with Crippen LogP contribution >= 0.6 is 0 Å². The van der Waals surface area contributed by atoms with Gasteiger partial charge in [0.2, 0.25) is 0 Å². The Bertz CT molecular complexity index is 313. The van der Waals surface area contributed by atoms with E-state index < -0.39 is 0 Å². The molecule has 4 N–H and O–H groups in total. The fourth-order valence-corrected chi connectivity index (χ4v) is 1.32. The first kappa shape index (κ1) is 12.5. The van der Waals surface area contributed by atoms with E-state index >= 15 is 0 Å². The van der Waals surface area contributed by atoms with Gasteiger partial charge in [0.25, 0.3) is 0 Å². The molecule has 1 atom stereocenters. The van der Waals surface area contributed by atoms with Crippen LogP contribution in [-0.2, 0) is 0 Å². The van der Waals surface area contributed by atoms with Crippen LogP contribution in [0, 0.1) is 0 Å². The van der Waals surface area contributed by atoms with Gasteiger partial charge in [0.1, 0.15) is 0 Å². The lowest BCUT2D eigenvalue weighted by Crippen LogP contribution is -2.39. The van der Waals surface area contributed by atoms with Crippen molar-refractivity contribution in [2.45, 2.75) is 19.4 Å². The molecule has 0 spiro atoms. The molecule has 0 saturated carbocycles. The summed E-state index contributed by atoms with van der Waals surface area (Å²) in [4.78, 5) is 11.3. The van der Waals surface area contributed by atoms with E-state index in [1.807, 2.05) is 37.3 Å². The maximum atomic E-state index is 11.3. The minimum atomic E-state index is -0.159. The maximum absolute atomic E-state index is 11.3. The number of carbonyl (C=O) groups is 1. The topological polar surface area (TPSA) is 67.2 Å². The number of nitrogens with two attached hydrogens (primary N) is 1. The number of hydrogen-bond donors (Lipinski definition) is 3. The molecule has 4 nitrogen and oxygen atoms in total. The second-order valence-electron chi connectivity index (χ2n) is 3.65. The highest BCUT2D eigenvalue weighted by Crippen LogP contribution is 2.07. The fraction of sp³-hybridized carbons (Fsp3) is 0.417. The first-order valence-corrected chi connectivity index (χ1v) is 5.56. The molecule has 0 aromatic heterocycles. The summed E-state index contributed by atoms with van der Waals surface area (Å²) in [6, 6.07) is 9.41. The van der Waals surface area contributed by atoms with E-state index in [9.17, 15) is 4.79 Å². The minimum Gasteiger partial charge on any atom is -0.338 e. The molecule has 1 aromatic rings. The van der Waals surface area contributed by atoms with Crippen LogP contribution in [0.2, 0.25) is 0 Å². The van der Waals surface area contributed by atoms with Crippen LogP contribution in [0.4, 0.5) is 4.79 Å². The van der Waals surface area contributed by atoms with E-state index in [0.717, 1.165) is 12.0 Å². The average molecular weight is 221 g/mol. The Labute approximate surface area is 96.2 Å². The van der Waals surface area contributed by atoms with Gasteiger partial charge >= 0.3 is 6.03 Å². The lowest BCUT2D eigenvalue weighted by Gasteiger charge is -2.13. The molecule has 2 amide bonds. The Morgan fingerprint density at radius 1 is 1.31 bits per heavy atom. The molecule has 0 heterocycles. The van der Waals surface area contributed by atoms with Gasteiger partial charge in [-0.05, 0) is 12.0 Å². The summed E-state index contributed by atoms with van der Waals surface area (Å²) in [5.74, 6) is 0. The Kier molecular flexibility index (Phi) is 5.36. The number of carbonyl (C=O) groups excluding carboxylic acids is 1. The summed E-state index contributed by atoms with van der Waals surface area (Å²) in [7, 11) is 0. The number of rotatable bonds is 5. The van der Waals surface area contributed by atoms with Crippen molar-refractivity contribution in [2.75, 3.05) is 13.1 Å². The van der Waals surface area contributed by atoms with Crippen molar-refractivity contribution in [2.24, 2.45) is 5.73 Å². The first-order valence-electron chi connectivity index (χ1n) is 5.56. The molecule has 0 aliphatic heterocycles. The molecule has 0 aliphatic carbocycles. The number of urea groups is 1. The monoisotopic (exact) mass is 221 g/mol. The van der Waals surface area contributed by atoms with Crippen LogP contribution in [0.1, 0.15) is 24.9 Å². The van der Waals surface area contributed by atoms with Crippen LogP contribution in [0.5, 0.6) is 0 Å². The largest absolute Gasteiger partial charge is 0.338 e. The third kappa shape index (κ3) is 4.31. The van der Waals surface area contributed by atoms with Gasteiger partial charge in [-0.2, -0.15) is 0 Å². The quantitative estimate of drug-likeness (QED) is 0.703. The first-order chi connectivity index (χ1) is 7.74. The molecule has 0 saturated heterocycles. The molecular weight excluding hydrogens is 202 g/mol. The molecule has 1 rings (SSSR count). The van der Waals surface area contributed by atoms with Crippen molar-refractivity contribution in [1.29, 1.82) is 0 Å². The predicted molar refractivity (Wildman–Crippen MR) is 65.1 cm³/mol. The summed E-state index contributed by atoms with van der Waals surface area (Å²) in [5.41, 5.74) is 6.96. The fourth-order valence-electron chi connectivity index (χ4n) is 1.32. The zero-order valence-corrected chi connectivity index (χ0v) is 9.57. The van der Waals surface area contributed by atoms with Gasteiger partial charge in [-0.25, -0.2) is 4.79 Å². The average Bonchev–Trinajstić information content (AvgIpc) is 2.34. The minimum absolute atomic E-state index is 0.159. The Hall–Kier alpha value is -1.55. The SMILES string of the molecule is CCCNC(=O)NCC(N)c1ccccc1. The number of benzene rings is 1. The van der Waals surface area contributed by atoms with Gasteiger partial charge in [0, 0.05) is 19.1 Å². The van der Waals surface area contributed by atoms with Crippen molar-refractivity contribution in [3.8, 4) is 0 Å². The Balaban J connectivity index is 2.30. The molecule has 0 radical (unpaired) electrons. The van der Waals surface area contributed by atoms with Crippen LogP contribution in [0.3, 0.4) is 0 Å². The highest BCUT2D eigenvalue weighted by atomic mass is 16.2. The van der Waals surface area contributed by atoms with Gasteiger partial charge in [0.15, 0.2) is 0 Å². The second-order valence-corrected chi connectivity index (χ2v) is 3.65. The van der Waals surface area contributed by atoms with Gasteiger partial charge in [-0.3, -0.25) is 0 Å². The third-order valence-corrected chi connectivity index (χ3v) is 2.25. The summed E-state index contributed by atoms with van der Waals surface area (Å²) in [6.45, 7) is 3.14. The summed E-state index contributed by atoms with van der Waals surface area (Å²) in [5, 5.41) is 5.47. The standard InChI is InChI=1S/C12H19N3O/c1-2-8-14-12(16)15-9-11(13)10-6-4-3-5-7-10/h3-7,11H,2,8-9,13H2,1H3,(H2,14,15,16). The van der Waals surface area contributed by atoms with E-state index in [1.165, 1.54) is 0 Å². The van der Waals surface area contributed by atoms with Gasteiger partial charge in [-0.1, -0.05) is 37.3 Å². The van der Waals surface area contributed by atoms with E-state index in [0.29, 0.717) is 13.1 Å². The van der Waals surface area contributed by atoms with Gasteiger partial charge in [-0.15, -0.1) is 0 Å². The van der Waals surface area contributed by atoms with Crippen LogP contribution < -0.4 is 16.4 Å². The molecule has 88 valence electrons. The van der Waals surface area contributed by atoms with Crippen molar-refractivity contribution in [1.82, 2.24) is 10.6 Å². The molecule has 1 unspecified atom stereocenters. The van der Waals surface area contributed by atoms with E-state index in [2.05, 4.69) is 10.6 Å². The van der Waals surface area contributed by atoms with Crippen molar-refractivity contribution >= 4 is 6.03 Å². The van der Waals surface area contributed by atoms with Crippen molar-refractivity contribution < 1.29 is 4.79 Å². The summed E-state index contributed by atoms with van der Waals surface area (Å²) in [6.07, 6.45) is 0.929. The zero-order chi connectivity index (χ0) is 11.8. The molecule has 0 aliphatic rings. The highest BCUT2D eigenvalue weighted by molar-refractivity contribution is 5.73. The normalized spacial score (nSPS) is 11.9. The summed E-state index contributed by atoms with van der Waals surface area (Å²) < 4.78 is 0. The number of hydrogen-bond acceptors (Lipinski definition) is 2. The zero-order valence-electron chi connectivity index (χ0n) is 9.57. The Morgan fingerprint density at radius 2 is 2.00 bits per heavy atom. The lowest BCUT2D eigenvalue weighted by atomic mass is 10.1. The van der Waals surface area contributed by atoms with E-state index in [1.54, 1.807) is 0 Å². The predicted octanol–water partition coefficient (Wildman–Crippen LogP) is 1.40. The molecule has 0 bridgehead atoms. The van der Waals surface area contributed by atoms with Crippen molar-refractivity contribution in [3.63, 3.8) is 0 Å². The molecule has 4 heteroatoms. The number of nitrogens with one attached hydrogen (secondary N) is 2. The van der Waals surface area contributed by atoms with Gasteiger partial charge < -0.3 is 16.4 Å². The number of amides is 2. The third-order valence-electron chi connectivity index (χ3n) is 2.25. The van der Waals surface area contributed by atoms with E-state index in [-0.39, 0.29) is 12.1 Å². The van der Waals surface area contributed by atoms with Crippen LogP contribution in [0.15, 0.2) is 30.3 Å². The van der Waals surface area contributed by atoms with Crippen LogP contribution in [-0.4, -0.2) is 19.1 Å². The molecular formula is C12H19N3O. The molecule has 1 aromatic carbocycles. The van der Waals surface area contributed by atoms with Gasteiger partial charge in [0.05, 0.1) is 0 Å². The second kappa shape index (κ2) is 6.85. The smallest absolute Gasteiger partial charge is 0.314 e. The highest BCUT2D eigenvalue weighted by Gasteiger charge is 2.06. The van der Waals surface area contributed by atoms with Crippen molar-refractivity contribution in [3.05, 3.63) is 35.9 Å². The Morgan fingerprint density at radius 3 is 2.62 bits per heavy atom. The lowest BCUT2D eigenvalue weighted by molar-refractivity contribution is 0.240.